The SMILES string of the molecule is Cc1cccc(C)c1CC(N)C(C)(C)c1ccccc1. The van der Waals surface area contributed by atoms with E-state index in [4.69, 9.17) is 5.73 Å². The number of hydrogen-bond acceptors (Lipinski definition) is 1. The van der Waals surface area contributed by atoms with Crippen LogP contribution in [-0.4, -0.2) is 6.04 Å². The molecule has 1 nitrogen and oxygen atoms in total. The highest BCUT2D eigenvalue weighted by atomic mass is 14.7. The van der Waals surface area contributed by atoms with Crippen LogP contribution in [0.2, 0.25) is 0 Å². The van der Waals surface area contributed by atoms with Gasteiger partial charge in [0.25, 0.3) is 0 Å². The minimum absolute atomic E-state index is 0.0318. The maximum Gasteiger partial charge on any atom is 0.0172 e. The normalized spacial score (nSPS) is 13.2. The Morgan fingerprint density at radius 2 is 1.45 bits per heavy atom. The van der Waals surface area contributed by atoms with Crippen LogP contribution in [0.3, 0.4) is 0 Å². The monoisotopic (exact) mass is 267 g/mol. The second kappa shape index (κ2) is 5.80. The molecule has 0 fully saturated rings. The first-order chi connectivity index (χ1) is 9.43. The summed E-state index contributed by atoms with van der Waals surface area (Å²) in [6.45, 7) is 8.82. The van der Waals surface area contributed by atoms with E-state index in [-0.39, 0.29) is 11.5 Å². The Bertz CT molecular complexity index is 549. The molecule has 0 bridgehead atoms. The molecule has 1 unspecified atom stereocenters. The van der Waals surface area contributed by atoms with E-state index in [0.717, 1.165) is 6.42 Å². The smallest absolute Gasteiger partial charge is 0.0172 e. The Labute approximate surface area is 122 Å². The average Bonchev–Trinajstić information content (AvgIpc) is 2.43. The van der Waals surface area contributed by atoms with Crippen molar-refractivity contribution in [1.82, 2.24) is 0 Å². The topological polar surface area (TPSA) is 26.0 Å². The zero-order chi connectivity index (χ0) is 14.8. The number of nitrogens with two attached hydrogens (primary N) is 1. The third-order valence-corrected chi connectivity index (χ3v) is 4.51. The van der Waals surface area contributed by atoms with Gasteiger partial charge in [0.15, 0.2) is 0 Å². The summed E-state index contributed by atoms with van der Waals surface area (Å²) in [4.78, 5) is 0. The molecule has 2 rings (SSSR count). The molecular weight excluding hydrogens is 242 g/mol. The van der Waals surface area contributed by atoms with E-state index >= 15 is 0 Å². The summed E-state index contributed by atoms with van der Waals surface area (Å²) in [5.41, 5.74) is 11.9. The van der Waals surface area contributed by atoms with Gasteiger partial charge in [-0.2, -0.15) is 0 Å². The fourth-order valence-corrected chi connectivity index (χ4v) is 2.73. The van der Waals surface area contributed by atoms with Gasteiger partial charge in [-0.3, -0.25) is 0 Å². The van der Waals surface area contributed by atoms with Crippen molar-refractivity contribution in [3.63, 3.8) is 0 Å². The Hall–Kier alpha value is -1.60. The summed E-state index contributed by atoms with van der Waals surface area (Å²) in [7, 11) is 0. The van der Waals surface area contributed by atoms with Crippen molar-refractivity contribution in [3.8, 4) is 0 Å². The summed E-state index contributed by atoms with van der Waals surface area (Å²) < 4.78 is 0. The lowest BCUT2D eigenvalue weighted by Gasteiger charge is -2.33. The van der Waals surface area contributed by atoms with Crippen LogP contribution < -0.4 is 5.73 Å². The van der Waals surface area contributed by atoms with Gasteiger partial charge < -0.3 is 5.73 Å². The Balaban J connectivity index is 2.26. The maximum absolute atomic E-state index is 6.55. The van der Waals surface area contributed by atoms with Crippen molar-refractivity contribution in [1.29, 1.82) is 0 Å². The van der Waals surface area contributed by atoms with Gasteiger partial charge in [-0.15, -0.1) is 0 Å². The second-order valence-electron chi connectivity index (χ2n) is 6.27. The minimum atomic E-state index is -0.0318. The molecule has 0 aromatic heterocycles. The largest absolute Gasteiger partial charge is 0.327 e. The third kappa shape index (κ3) is 2.94. The van der Waals surface area contributed by atoms with Crippen molar-refractivity contribution in [2.24, 2.45) is 5.73 Å². The fraction of sp³-hybridized carbons (Fsp3) is 0.368. The van der Waals surface area contributed by atoms with E-state index in [9.17, 15) is 0 Å². The highest BCUT2D eigenvalue weighted by molar-refractivity contribution is 5.35. The van der Waals surface area contributed by atoms with Gasteiger partial charge in [0.1, 0.15) is 0 Å². The molecule has 0 spiro atoms. The fourth-order valence-electron chi connectivity index (χ4n) is 2.73. The third-order valence-electron chi connectivity index (χ3n) is 4.51. The van der Waals surface area contributed by atoms with Crippen LogP contribution in [0.5, 0.6) is 0 Å². The Kier molecular flexibility index (Phi) is 4.29. The summed E-state index contributed by atoms with van der Waals surface area (Å²) in [6.07, 6.45) is 0.917. The number of hydrogen-bond donors (Lipinski definition) is 1. The van der Waals surface area contributed by atoms with Crippen molar-refractivity contribution >= 4 is 0 Å². The van der Waals surface area contributed by atoms with Gasteiger partial charge in [-0.25, -0.2) is 0 Å². The van der Waals surface area contributed by atoms with Gasteiger partial charge in [0.2, 0.25) is 0 Å². The van der Waals surface area contributed by atoms with Crippen LogP contribution in [-0.2, 0) is 11.8 Å². The van der Waals surface area contributed by atoms with Crippen molar-refractivity contribution < 1.29 is 0 Å². The predicted molar refractivity (Wildman–Crippen MR) is 87.1 cm³/mol. The van der Waals surface area contributed by atoms with E-state index in [2.05, 4.69) is 76.2 Å². The van der Waals surface area contributed by atoms with Gasteiger partial charge in [-0.1, -0.05) is 62.4 Å². The zero-order valence-corrected chi connectivity index (χ0v) is 13.0. The van der Waals surface area contributed by atoms with E-state index in [1.807, 2.05) is 0 Å². The van der Waals surface area contributed by atoms with Crippen LogP contribution in [0, 0.1) is 13.8 Å². The lowest BCUT2D eigenvalue weighted by molar-refractivity contribution is 0.405. The maximum atomic E-state index is 6.55. The number of aryl methyl sites for hydroxylation is 2. The molecule has 1 heteroatoms. The van der Waals surface area contributed by atoms with Gasteiger partial charge in [-0.05, 0) is 42.5 Å². The van der Waals surface area contributed by atoms with Gasteiger partial charge in [0, 0.05) is 11.5 Å². The lowest BCUT2D eigenvalue weighted by atomic mass is 9.75. The van der Waals surface area contributed by atoms with Gasteiger partial charge in [0.05, 0.1) is 0 Å². The number of benzene rings is 2. The molecule has 0 aliphatic rings. The molecular formula is C19H25N. The van der Waals surface area contributed by atoms with Crippen molar-refractivity contribution in [2.45, 2.75) is 45.6 Å². The van der Waals surface area contributed by atoms with Crippen LogP contribution in [0.25, 0.3) is 0 Å². The van der Waals surface area contributed by atoms with Crippen LogP contribution in [0.15, 0.2) is 48.5 Å². The van der Waals surface area contributed by atoms with Crippen molar-refractivity contribution in [2.75, 3.05) is 0 Å². The molecule has 0 aliphatic heterocycles. The number of rotatable bonds is 4. The van der Waals surface area contributed by atoms with Crippen LogP contribution >= 0.6 is 0 Å². The second-order valence-corrected chi connectivity index (χ2v) is 6.27. The molecule has 0 aliphatic carbocycles. The molecule has 0 amide bonds. The molecule has 0 saturated heterocycles. The van der Waals surface area contributed by atoms with Crippen LogP contribution in [0.1, 0.15) is 36.1 Å². The van der Waals surface area contributed by atoms with E-state index in [0.29, 0.717) is 0 Å². The van der Waals surface area contributed by atoms with E-state index in [1.165, 1.54) is 22.3 Å². The predicted octanol–water partition coefficient (Wildman–Crippen LogP) is 4.15. The van der Waals surface area contributed by atoms with E-state index in [1.54, 1.807) is 0 Å². The average molecular weight is 267 g/mol. The molecule has 0 saturated carbocycles. The molecule has 2 aromatic rings. The molecule has 0 radical (unpaired) electrons. The molecule has 2 aromatic carbocycles. The molecule has 2 N–H and O–H groups in total. The standard InChI is InChI=1S/C19H25N/c1-14-9-8-10-15(2)17(14)13-18(20)19(3,4)16-11-6-5-7-12-16/h5-12,18H,13,20H2,1-4H3. The molecule has 1 atom stereocenters. The highest BCUT2D eigenvalue weighted by Crippen LogP contribution is 2.29. The molecule has 0 heterocycles. The molecule has 20 heavy (non-hydrogen) atoms. The zero-order valence-electron chi connectivity index (χ0n) is 13.0. The summed E-state index contributed by atoms with van der Waals surface area (Å²) in [5, 5.41) is 0. The highest BCUT2D eigenvalue weighted by Gasteiger charge is 2.28. The summed E-state index contributed by atoms with van der Waals surface area (Å²) in [5.74, 6) is 0. The van der Waals surface area contributed by atoms with Gasteiger partial charge >= 0.3 is 0 Å². The van der Waals surface area contributed by atoms with E-state index < -0.39 is 0 Å². The minimum Gasteiger partial charge on any atom is -0.327 e. The molecule has 106 valence electrons. The first kappa shape index (κ1) is 14.8. The summed E-state index contributed by atoms with van der Waals surface area (Å²) >= 11 is 0. The summed E-state index contributed by atoms with van der Waals surface area (Å²) in [6, 6.07) is 17.1. The Morgan fingerprint density at radius 1 is 0.900 bits per heavy atom. The van der Waals surface area contributed by atoms with Crippen molar-refractivity contribution in [3.05, 3.63) is 70.8 Å². The quantitative estimate of drug-likeness (QED) is 0.884. The lowest BCUT2D eigenvalue weighted by Crippen LogP contribution is -2.42. The first-order valence-corrected chi connectivity index (χ1v) is 7.29. The Morgan fingerprint density at radius 3 is 2.00 bits per heavy atom. The van der Waals surface area contributed by atoms with Crippen LogP contribution in [0.4, 0.5) is 0 Å². The first-order valence-electron chi connectivity index (χ1n) is 7.29.